The summed E-state index contributed by atoms with van der Waals surface area (Å²) in [7, 11) is 0. The zero-order valence-electron chi connectivity index (χ0n) is 7.49. The smallest absolute Gasteiger partial charge is 0.0922 e. The molecule has 0 amide bonds. The van der Waals surface area contributed by atoms with Gasteiger partial charge in [0.25, 0.3) is 0 Å². The number of nitrogens with one attached hydrogen (secondary N) is 2. The van der Waals surface area contributed by atoms with Gasteiger partial charge in [0, 0.05) is 25.0 Å². The third-order valence-electron chi connectivity index (χ3n) is 1.53. The van der Waals surface area contributed by atoms with Gasteiger partial charge in [-0.05, 0) is 0 Å². The van der Waals surface area contributed by atoms with Gasteiger partial charge in [-0.1, -0.05) is 0 Å². The van der Waals surface area contributed by atoms with Crippen molar-refractivity contribution in [3.05, 3.63) is 18.2 Å². The average molecular weight is 185 g/mol. The minimum Gasteiger partial charge on any atom is -0.394 e. The predicted octanol–water partition coefficient (Wildman–Crippen LogP) is -0.492. The number of hydrogen-bond acceptors (Lipinski definition) is 4. The molecule has 5 heteroatoms. The standard InChI is InChI=1S/C8H15N3O2/c12-2-4-13-3-1-9-5-8-6-10-7-11-8/h6-7,9,12H,1-5H2,(H,10,11). The lowest BCUT2D eigenvalue weighted by molar-refractivity contribution is 0.0937. The van der Waals surface area contributed by atoms with Crippen molar-refractivity contribution in [1.82, 2.24) is 15.3 Å². The van der Waals surface area contributed by atoms with E-state index < -0.39 is 0 Å². The molecule has 1 heterocycles. The molecule has 0 atom stereocenters. The van der Waals surface area contributed by atoms with Gasteiger partial charge in [0.05, 0.1) is 26.1 Å². The van der Waals surface area contributed by atoms with E-state index >= 15 is 0 Å². The summed E-state index contributed by atoms with van der Waals surface area (Å²) in [5.74, 6) is 0. The van der Waals surface area contributed by atoms with Crippen LogP contribution in [-0.2, 0) is 11.3 Å². The molecule has 5 nitrogen and oxygen atoms in total. The minimum absolute atomic E-state index is 0.0839. The summed E-state index contributed by atoms with van der Waals surface area (Å²) in [6.45, 7) is 2.66. The van der Waals surface area contributed by atoms with Crippen molar-refractivity contribution in [3.63, 3.8) is 0 Å². The first-order valence-corrected chi connectivity index (χ1v) is 4.30. The molecule has 13 heavy (non-hydrogen) atoms. The van der Waals surface area contributed by atoms with Crippen LogP contribution in [0.2, 0.25) is 0 Å². The van der Waals surface area contributed by atoms with E-state index in [9.17, 15) is 0 Å². The number of aromatic amines is 1. The molecule has 0 aliphatic rings. The normalized spacial score (nSPS) is 10.5. The highest BCUT2D eigenvalue weighted by Crippen LogP contribution is 1.87. The highest BCUT2D eigenvalue weighted by atomic mass is 16.5. The lowest BCUT2D eigenvalue weighted by atomic mass is 10.5. The number of nitrogens with zero attached hydrogens (tertiary/aromatic N) is 1. The van der Waals surface area contributed by atoms with Crippen LogP contribution < -0.4 is 5.32 Å². The summed E-state index contributed by atoms with van der Waals surface area (Å²) >= 11 is 0. The molecule has 0 aliphatic heterocycles. The van der Waals surface area contributed by atoms with Gasteiger partial charge < -0.3 is 20.1 Å². The number of imidazole rings is 1. The third-order valence-corrected chi connectivity index (χ3v) is 1.53. The minimum atomic E-state index is 0.0839. The van der Waals surface area contributed by atoms with Crippen LogP contribution in [0, 0.1) is 0 Å². The van der Waals surface area contributed by atoms with Gasteiger partial charge in [0.2, 0.25) is 0 Å². The van der Waals surface area contributed by atoms with Crippen LogP contribution in [0.25, 0.3) is 0 Å². The van der Waals surface area contributed by atoms with Crippen LogP contribution in [0.5, 0.6) is 0 Å². The van der Waals surface area contributed by atoms with E-state index in [4.69, 9.17) is 9.84 Å². The molecule has 0 saturated carbocycles. The zero-order valence-corrected chi connectivity index (χ0v) is 7.49. The number of hydrogen-bond donors (Lipinski definition) is 3. The van der Waals surface area contributed by atoms with Crippen LogP contribution >= 0.6 is 0 Å². The van der Waals surface area contributed by atoms with Crippen molar-refractivity contribution in [2.24, 2.45) is 0 Å². The number of rotatable bonds is 7. The Morgan fingerprint density at radius 3 is 3.15 bits per heavy atom. The summed E-state index contributed by atoms with van der Waals surface area (Å²) in [4.78, 5) is 6.88. The first-order valence-electron chi connectivity index (χ1n) is 4.30. The van der Waals surface area contributed by atoms with Crippen molar-refractivity contribution < 1.29 is 9.84 Å². The lowest BCUT2D eigenvalue weighted by Gasteiger charge is -2.03. The fraction of sp³-hybridized carbons (Fsp3) is 0.625. The topological polar surface area (TPSA) is 70.2 Å². The third kappa shape index (κ3) is 4.62. The Morgan fingerprint density at radius 1 is 1.54 bits per heavy atom. The maximum absolute atomic E-state index is 8.41. The molecule has 1 aromatic rings. The summed E-state index contributed by atoms with van der Waals surface area (Å²) < 4.78 is 5.06. The molecule has 0 spiro atoms. The maximum atomic E-state index is 8.41. The molecule has 3 N–H and O–H groups in total. The van der Waals surface area contributed by atoms with Crippen LogP contribution in [0.1, 0.15) is 5.69 Å². The van der Waals surface area contributed by atoms with Gasteiger partial charge in [-0.2, -0.15) is 0 Å². The quantitative estimate of drug-likeness (QED) is 0.501. The second-order valence-corrected chi connectivity index (χ2v) is 2.59. The van der Waals surface area contributed by atoms with Crippen LogP contribution in [-0.4, -0.2) is 41.4 Å². The largest absolute Gasteiger partial charge is 0.394 e. The van der Waals surface area contributed by atoms with Crippen LogP contribution in [0.4, 0.5) is 0 Å². The summed E-state index contributed by atoms with van der Waals surface area (Å²) in [5, 5.41) is 11.6. The zero-order chi connectivity index (χ0) is 9.36. The lowest BCUT2D eigenvalue weighted by Crippen LogP contribution is -2.20. The van der Waals surface area contributed by atoms with Crippen LogP contribution in [0.15, 0.2) is 12.5 Å². The molecule has 0 aromatic carbocycles. The van der Waals surface area contributed by atoms with Gasteiger partial charge in [-0.3, -0.25) is 0 Å². The van der Waals surface area contributed by atoms with Crippen molar-refractivity contribution >= 4 is 0 Å². The number of aromatic nitrogens is 2. The molecule has 1 rings (SSSR count). The SMILES string of the molecule is OCCOCCNCc1cnc[nH]1. The summed E-state index contributed by atoms with van der Waals surface area (Å²) in [6, 6.07) is 0. The second kappa shape index (κ2) is 6.59. The Morgan fingerprint density at radius 2 is 2.46 bits per heavy atom. The van der Waals surface area contributed by atoms with Crippen molar-refractivity contribution in [3.8, 4) is 0 Å². The van der Waals surface area contributed by atoms with Gasteiger partial charge in [0.15, 0.2) is 0 Å². The van der Waals surface area contributed by atoms with E-state index in [0.717, 1.165) is 18.8 Å². The molecular weight excluding hydrogens is 170 g/mol. The molecular formula is C8H15N3O2. The van der Waals surface area contributed by atoms with Gasteiger partial charge >= 0.3 is 0 Å². The molecule has 1 aromatic heterocycles. The molecule has 0 fully saturated rings. The maximum Gasteiger partial charge on any atom is 0.0922 e. The Labute approximate surface area is 77.1 Å². The number of ether oxygens (including phenoxy) is 1. The highest BCUT2D eigenvalue weighted by Gasteiger charge is 1.92. The number of H-pyrrole nitrogens is 1. The molecule has 0 aliphatic carbocycles. The summed E-state index contributed by atoms with van der Waals surface area (Å²) in [5.41, 5.74) is 1.06. The van der Waals surface area contributed by atoms with E-state index in [1.54, 1.807) is 12.5 Å². The van der Waals surface area contributed by atoms with Crippen molar-refractivity contribution in [2.75, 3.05) is 26.4 Å². The van der Waals surface area contributed by atoms with E-state index in [1.807, 2.05) is 0 Å². The molecule has 0 unspecified atom stereocenters. The van der Waals surface area contributed by atoms with Crippen molar-refractivity contribution in [2.45, 2.75) is 6.54 Å². The number of aliphatic hydroxyl groups is 1. The Hall–Kier alpha value is -0.910. The fourth-order valence-electron chi connectivity index (χ4n) is 0.915. The van der Waals surface area contributed by atoms with E-state index in [2.05, 4.69) is 15.3 Å². The monoisotopic (exact) mass is 185 g/mol. The van der Waals surface area contributed by atoms with Gasteiger partial charge in [0.1, 0.15) is 0 Å². The van der Waals surface area contributed by atoms with E-state index in [1.165, 1.54) is 0 Å². The summed E-state index contributed by atoms with van der Waals surface area (Å²) in [6.07, 6.45) is 3.43. The van der Waals surface area contributed by atoms with Crippen molar-refractivity contribution in [1.29, 1.82) is 0 Å². The molecule has 74 valence electrons. The highest BCUT2D eigenvalue weighted by molar-refractivity contribution is 4.92. The van der Waals surface area contributed by atoms with E-state index in [-0.39, 0.29) is 6.61 Å². The second-order valence-electron chi connectivity index (χ2n) is 2.59. The van der Waals surface area contributed by atoms with Crippen LogP contribution in [0.3, 0.4) is 0 Å². The number of aliphatic hydroxyl groups excluding tert-OH is 1. The molecule has 0 bridgehead atoms. The first kappa shape index (κ1) is 10.2. The Bertz CT molecular complexity index is 201. The fourth-order valence-corrected chi connectivity index (χ4v) is 0.915. The van der Waals surface area contributed by atoms with E-state index in [0.29, 0.717) is 13.2 Å². The first-order chi connectivity index (χ1) is 6.43. The molecule has 0 saturated heterocycles. The van der Waals surface area contributed by atoms with Gasteiger partial charge in [-0.15, -0.1) is 0 Å². The molecule has 0 radical (unpaired) electrons. The Kier molecular flexibility index (Phi) is 5.16. The van der Waals surface area contributed by atoms with Gasteiger partial charge in [-0.25, -0.2) is 4.98 Å². The predicted molar refractivity (Wildman–Crippen MR) is 48.2 cm³/mol. The average Bonchev–Trinajstić information content (AvgIpc) is 2.63. The Balaban J connectivity index is 1.90.